The van der Waals surface area contributed by atoms with Crippen LogP contribution in [0.2, 0.25) is 0 Å². The largest absolute Gasteiger partial charge is 0.507 e. The summed E-state index contributed by atoms with van der Waals surface area (Å²) in [6.45, 7) is 6.26. The van der Waals surface area contributed by atoms with Gasteiger partial charge in [-0.1, -0.05) is 18.2 Å². The number of rotatable bonds is 5. The van der Waals surface area contributed by atoms with Crippen LogP contribution < -0.4 is 10.1 Å². The Morgan fingerprint density at radius 3 is 2.62 bits per heavy atom. The lowest BCUT2D eigenvalue weighted by Gasteiger charge is -2.29. The van der Waals surface area contributed by atoms with Crippen molar-refractivity contribution in [2.24, 2.45) is 0 Å². The number of hydrogen-bond acceptors (Lipinski definition) is 9. The minimum absolute atomic E-state index is 0.00741. The van der Waals surface area contributed by atoms with Gasteiger partial charge in [0.05, 0.1) is 11.1 Å². The molecule has 1 aliphatic heterocycles. The molecule has 0 saturated heterocycles. The highest BCUT2D eigenvalue weighted by atomic mass is 32.1. The average molecular weight is 517 g/mol. The highest BCUT2D eigenvalue weighted by Gasteiger charge is 2.56. The number of nitrogens with zero attached hydrogens (tertiary/aromatic N) is 1. The molecule has 3 aromatic rings. The topological polar surface area (TPSA) is 126 Å². The molecule has 5 rings (SSSR count). The van der Waals surface area contributed by atoms with Gasteiger partial charge in [-0.05, 0) is 39.3 Å². The number of carbonyl (C=O) groups is 3. The molecule has 0 radical (unpaired) electrons. The zero-order chi connectivity index (χ0) is 26.6. The predicted molar refractivity (Wildman–Crippen MR) is 138 cm³/mol. The SMILES string of the molecule is CC(=O)c1c(O)c(C)c(O)c2c1OC1=CC(=O)C(=C(C)NCc3cccc(-c4nccs4)c3)C(=O)C12C. The first-order valence-electron chi connectivity index (χ1n) is 11.6. The maximum absolute atomic E-state index is 13.9. The molecular formula is C28H24N2O6S. The van der Waals surface area contributed by atoms with E-state index in [-0.39, 0.29) is 39.5 Å². The van der Waals surface area contributed by atoms with Crippen LogP contribution in [0.1, 0.15) is 47.8 Å². The van der Waals surface area contributed by atoms with Crippen LogP contribution in [0, 0.1) is 6.92 Å². The smallest absolute Gasteiger partial charge is 0.194 e. The summed E-state index contributed by atoms with van der Waals surface area (Å²) in [7, 11) is 0. The lowest BCUT2D eigenvalue weighted by Crippen LogP contribution is -2.41. The lowest BCUT2D eigenvalue weighted by molar-refractivity contribution is -0.123. The van der Waals surface area contributed by atoms with Gasteiger partial charge in [0.25, 0.3) is 0 Å². The van der Waals surface area contributed by atoms with E-state index in [1.807, 2.05) is 29.6 Å². The van der Waals surface area contributed by atoms with Crippen molar-refractivity contribution in [3.63, 3.8) is 0 Å². The van der Waals surface area contributed by atoms with Crippen LogP contribution in [-0.4, -0.2) is 32.5 Å². The third kappa shape index (κ3) is 3.65. The maximum Gasteiger partial charge on any atom is 0.194 e. The molecule has 0 fully saturated rings. The van der Waals surface area contributed by atoms with Gasteiger partial charge in [-0.2, -0.15) is 0 Å². The van der Waals surface area contributed by atoms with Gasteiger partial charge in [-0.15, -0.1) is 11.3 Å². The van der Waals surface area contributed by atoms with Crippen LogP contribution in [-0.2, 0) is 21.5 Å². The van der Waals surface area contributed by atoms with Crippen LogP contribution >= 0.6 is 11.3 Å². The van der Waals surface area contributed by atoms with E-state index in [4.69, 9.17) is 4.74 Å². The molecule has 1 unspecified atom stereocenters. The zero-order valence-corrected chi connectivity index (χ0v) is 21.4. The quantitative estimate of drug-likeness (QED) is 0.257. The number of allylic oxidation sites excluding steroid dienone is 4. The van der Waals surface area contributed by atoms with Crippen molar-refractivity contribution in [1.82, 2.24) is 10.3 Å². The summed E-state index contributed by atoms with van der Waals surface area (Å²) in [6, 6.07) is 7.81. The van der Waals surface area contributed by atoms with Gasteiger partial charge in [0.1, 0.15) is 39.0 Å². The lowest BCUT2D eigenvalue weighted by atomic mass is 9.70. The Balaban J connectivity index is 1.53. The summed E-state index contributed by atoms with van der Waals surface area (Å²) in [5.74, 6) is -2.47. The summed E-state index contributed by atoms with van der Waals surface area (Å²) < 4.78 is 5.80. The number of phenolic OH excluding ortho intramolecular Hbond substituents is 2. The number of nitrogens with one attached hydrogen (secondary N) is 1. The number of ketones is 3. The van der Waals surface area contributed by atoms with Gasteiger partial charge >= 0.3 is 0 Å². The molecule has 3 N–H and O–H groups in total. The number of aromatic hydroxyl groups is 2. The minimum Gasteiger partial charge on any atom is -0.507 e. The van der Waals surface area contributed by atoms with E-state index < -0.39 is 28.5 Å². The molecule has 0 spiro atoms. The van der Waals surface area contributed by atoms with E-state index in [1.165, 1.54) is 31.3 Å². The van der Waals surface area contributed by atoms with E-state index >= 15 is 0 Å². The summed E-state index contributed by atoms with van der Waals surface area (Å²) in [4.78, 5) is 43.6. The van der Waals surface area contributed by atoms with Gasteiger partial charge < -0.3 is 20.3 Å². The number of carbonyl (C=O) groups excluding carboxylic acids is 3. The van der Waals surface area contributed by atoms with Crippen LogP contribution in [0.4, 0.5) is 0 Å². The molecule has 188 valence electrons. The van der Waals surface area contributed by atoms with Crippen molar-refractivity contribution in [3.05, 3.63) is 81.2 Å². The fourth-order valence-corrected chi connectivity index (χ4v) is 5.50. The highest BCUT2D eigenvalue weighted by molar-refractivity contribution is 7.13. The molecule has 2 heterocycles. The Bertz CT molecular complexity index is 1570. The number of Topliss-reactive ketones (excluding diaryl/α,β-unsaturated/α-hetero) is 2. The summed E-state index contributed by atoms with van der Waals surface area (Å²) in [5.41, 5.74) is 0.671. The normalized spacial score (nSPS) is 19.6. The minimum atomic E-state index is -1.54. The third-order valence-electron chi connectivity index (χ3n) is 6.92. The molecule has 1 aliphatic carbocycles. The Kier molecular flexibility index (Phi) is 5.75. The van der Waals surface area contributed by atoms with Crippen molar-refractivity contribution >= 4 is 28.7 Å². The molecule has 0 saturated carbocycles. The number of benzene rings is 2. The Morgan fingerprint density at radius 2 is 1.95 bits per heavy atom. The van der Waals surface area contributed by atoms with Gasteiger partial charge in [-0.25, -0.2) is 4.98 Å². The maximum atomic E-state index is 13.9. The van der Waals surface area contributed by atoms with Crippen LogP contribution in [0.5, 0.6) is 17.2 Å². The number of hydrogen-bond donors (Lipinski definition) is 3. The highest BCUT2D eigenvalue weighted by Crippen LogP contribution is 2.57. The predicted octanol–water partition coefficient (Wildman–Crippen LogP) is 4.48. The molecule has 0 amide bonds. The van der Waals surface area contributed by atoms with Crippen molar-refractivity contribution in [2.45, 2.75) is 39.7 Å². The fourth-order valence-electron chi connectivity index (χ4n) is 4.87. The van der Waals surface area contributed by atoms with E-state index in [0.717, 1.165) is 16.1 Å². The van der Waals surface area contributed by atoms with Gasteiger partial charge in [0.2, 0.25) is 0 Å². The van der Waals surface area contributed by atoms with Crippen LogP contribution in [0.15, 0.2) is 58.9 Å². The fraction of sp³-hybridized carbons (Fsp3) is 0.214. The first-order chi connectivity index (χ1) is 17.6. The van der Waals surface area contributed by atoms with E-state index in [9.17, 15) is 24.6 Å². The average Bonchev–Trinajstić information content (AvgIpc) is 3.49. The first kappa shape index (κ1) is 24.5. The molecule has 0 bridgehead atoms. The van der Waals surface area contributed by atoms with Crippen LogP contribution in [0.25, 0.3) is 10.6 Å². The van der Waals surface area contributed by atoms with E-state index in [1.54, 1.807) is 20.0 Å². The van der Waals surface area contributed by atoms with E-state index in [2.05, 4.69) is 10.3 Å². The second kappa shape index (κ2) is 8.70. The number of ether oxygens (including phenoxy) is 1. The molecule has 9 heteroatoms. The summed E-state index contributed by atoms with van der Waals surface area (Å²) >= 11 is 1.54. The molecular weight excluding hydrogens is 492 g/mol. The van der Waals surface area contributed by atoms with Crippen molar-refractivity contribution in [1.29, 1.82) is 0 Å². The third-order valence-corrected chi connectivity index (χ3v) is 7.75. The second-order valence-corrected chi connectivity index (χ2v) is 10.2. The number of aromatic nitrogens is 1. The van der Waals surface area contributed by atoms with Gasteiger partial charge in [0, 0.05) is 41.0 Å². The van der Waals surface area contributed by atoms with Crippen molar-refractivity contribution in [2.75, 3.05) is 0 Å². The molecule has 2 aliphatic rings. The zero-order valence-electron chi connectivity index (χ0n) is 20.6. The molecule has 1 aromatic heterocycles. The summed E-state index contributed by atoms with van der Waals surface area (Å²) in [5, 5.41) is 27.4. The Morgan fingerprint density at radius 1 is 1.19 bits per heavy atom. The van der Waals surface area contributed by atoms with Crippen molar-refractivity contribution in [3.8, 4) is 27.8 Å². The van der Waals surface area contributed by atoms with Gasteiger partial charge in [-0.3, -0.25) is 14.4 Å². The molecule has 8 nitrogen and oxygen atoms in total. The van der Waals surface area contributed by atoms with Crippen molar-refractivity contribution < 1.29 is 29.3 Å². The van der Waals surface area contributed by atoms with Gasteiger partial charge in [0.15, 0.2) is 17.3 Å². The Hall–Kier alpha value is -4.24. The standard InChI is InChI=1S/C28H24N2O6S/c1-13-23(33)21(15(3)31)25-22(24(13)34)28(4)19(36-25)11-18(32)20(26(28)35)14(2)30-12-16-6-5-7-17(10-16)27-29-8-9-37-27/h5-11,30,33-34H,12H2,1-4H3. The molecule has 1 atom stereocenters. The second-order valence-electron chi connectivity index (χ2n) is 9.28. The number of phenols is 2. The summed E-state index contributed by atoms with van der Waals surface area (Å²) in [6.07, 6.45) is 2.95. The number of fused-ring (bicyclic) bond motifs is 3. The van der Waals surface area contributed by atoms with Crippen LogP contribution in [0.3, 0.4) is 0 Å². The first-order valence-corrected chi connectivity index (χ1v) is 12.5. The number of thiazole rings is 1. The van der Waals surface area contributed by atoms with E-state index in [0.29, 0.717) is 12.2 Å². The Labute approximate surface area is 216 Å². The molecule has 37 heavy (non-hydrogen) atoms. The monoisotopic (exact) mass is 516 g/mol. The molecule has 2 aromatic carbocycles.